The summed E-state index contributed by atoms with van der Waals surface area (Å²) in [6.45, 7) is 0.437. The van der Waals surface area contributed by atoms with Crippen molar-refractivity contribution < 1.29 is 9.18 Å². The van der Waals surface area contributed by atoms with E-state index in [1.165, 1.54) is 17.0 Å². The number of halogens is 1. The number of nitrogens with two attached hydrogens (primary N) is 1. The molecule has 15 heavy (non-hydrogen) atoms. The third-order valence-corrected chi connectivity index (χ3v) is 2.35. The van der Waals surface area contributed by atoms with Gasteiger partial charge in [-0.15, -0.1) is 0 Å². The van der Waals surface area contributed by atoms with E-state index in [9.17, 15) is 9.18 Å². The highest BCUT2D eigenvalue weighted by Crippen LogP contribution is 2.22. The molecule has 1 aromatic carbocycles. The minimum atomic E-state index is -0.493. The predicted octanol–water partition coefficient (Wildman–Crippen LogP) is 0.452. The number of carbonyl (C=O) groups is 1. The van der Waals surface area contributed by atoms with Gasteiger partial charge in [-0.3, -0.25) is 10.2 Å². The first kappa shape index (κ1) is 9.64. The molecule has 4 nitrogen and oxygen atoms in total. The Balaban J connectivity index is 2.29. The molecule has 1 aliphatic heterocycles. The van der Waals surface area contributed by atoms with Crippen LogP contribution in [0.25, 0.3) is 0 Å². The van der Waals surface area contributed by atoms with Crippen LogP contribution in [0.15, 0.2) is 18.2 Å². The Kier molecular flexibility index (Phi) is 2.15. The molecule has 1 aromatic rings. The molecule has 1 amide bonds. The molecule has 78 valence electrons. The molecule has 3 N–H and O–H groups in total. The average Bonchev–Trinajstić information content (AvgIpc) is 2.44. The van der Waals surface area contributed by atoms with Gasteiger partial charge in [-0.25, -0.2) is 4.39 Å². The summed E-state index contributed by atoms with van der Waals surface area (Å²) in [6.07, 6.45) is 0. The van der Waals surface area contributed by atoms with Crippen molar-refractivity contribution in [2.45, 2.75) is 6.54 Å². The summed E-state index contributed by atoms with van der Waals surface area (Å²) >= 11 is 0. The topological polar surface area (TPSA) is 70.2 Å². The van der Waals surface area contributed by atoms with E-state index >= 15 is 0 Å². The van der Waals surface area contributed by atoms with Gasteiger partial charge in [-0.1, -0.05) is 6.07 Å². The average molecular weight is 207 g/mol. The molecule has 0 saturated carbocycles. The molecular formula is C10H10FN3O. The minimum Gasteiger partial charge on any atom is -0.368 e. The van der Waals surface area contributed by atoms with Crippen molar-refractivity contribution in [3.63, 3.8) is 0 Å². The Morgan fingerprint density at radius 3 is 3.00 bits per heavy atom. The first-order valence-electron chi connectivity index (χ1n) is 4.48. The number of primary amides is 1. The quantitative estimate of drug-likeness (QED) is 0.739. The summed E-state index contributed by atoms with van der Waals surface area (Å²) in [5, 5.41) is 7.73. The van der Waals surface area contributed by atoms with E-state index in [0.717, 1.165) is 5.56 Å². The molecule has 0 atom stereocenters. The number of carbonyl (C=O) groups excluding carboxylic acids is 1. The zero-order valence-electron chi connectivity index (χ0n) is 7.96. The van der Waals surface area contributed by atoms with Crippen molar-refractivity contribution in [1.29, 1.82) is 5.41 Å². The second-order valence-electron chi connectivity index (χ2n) is 3.47. The lowest BCUT2D eigenvalue weighted by atomic mass is 10.1. The molecule has 0 fully saturated rings. The minimum absolute atomic E-state index is 0.00483. The Morgan fingerprint density at radius 2 is 2.33 bits per heavy atom. The normalized spacial score (nSPS) is 14.2. The fourth-order valence-electron chi connectivity index (χ4n) is 1.69. The number of amidine groups is 1. The number of hydrogen-bond donors (Lipinski definition) is 2. The van der Waals surface area contributed by atoms with Crippen LogP contribution in [0, 0.1) is 11.2 Å². The van der Waals surface area contributed by atoms with Gasteiger partial charge >= 0.3 is 0 Å². The third-order valence-electron chi connectivity index (χ3n) is 2.35. The summed E-state index contributed by atoms with van der Waals surface area (Å²) < 4.78 is 12.9. The van der Waals surface area contributed by atoms with Crippen LogP contribution in [-0.2, 0) is 11.3 Å². The van der Waals surface area contributed by atoms with Crippen LogP contribution < -0.4 is 5.73 Å². The number of hydrogen-bond acceptors (Lipinski definition) is 2. The highest BCUT2D eigenvalue weighted by atomic mass is 19.1. The van der Waals surface area contributed by atoms with Gasteiger partial charge in [0.1, 0.15) is 11.7 Å². The van der Waals surface area contributed by atoms with Gasteiger partial charge < -0.3 is 10.6 Å². The van der Waals surface area contributed by atoms with Crippen LogP contribution >= 0.6 is 0 Å². The molecule has 0 unspecified atom stereocenters. The number of amides is 1. The zero-order chi connectivity index (χ0) is 11.0. The van der Waals surface area contributed by atoms with Crippen molar-refractivity contribution in [1.82, 2.24) is 4.90 Å². The van der Waals surface area contributed by atoms with E-state index in [4.69, 9.17) is 11.1 Å². The van der Waals surface area contributed by atoms with Crippen molar-refractivity contribution in [3.05, 3.63) is 35.1 Å². The number of nitrogens with one attached hydrogen (secondary N) is 1. The lowest BCUT2D eigenvalue weighted by Crippen LogP contribution is -2.33. The van der Waals surface area contributed by atoms with Gasteiger partial charge in [0, 0.05) is 12.1 Å². The molecule has 0 aliphatic carbocycles. The smallest absolute Gasteiger partial charge is 0.237 e. The summed E-state index contributed by atoms with van der Waals surface area (Å²) in [5.41, 5.74) is 6.44. The highest BCUT2D eigenvalue weighted by molar-refractivity contribution is 6.01. The van der Waals surface area contributed by atoms with Crippen molar-refractivity contribution in [3.8, 4) is 0 Å². The second-order valence-corrected chi connectivity index (χ2v) is 3.47. The molecule has 0 aromatic heterocycles. The second kappa shape index (κ2) is 3.34. The first-order valence-corrected chi connectivity index (χ1v) is 4.48. The summed E-state index contributed by atoms with van der Waals surface area (Å²) in [4.78, 5) is 12.2. The largest absolute Gasteiger partial charge is 0.368 e. The standard InChI is InChI=1S/C10H10FN3O/c11-7-2-1-6-4-14(5-9(12)15)10(13)8(6)3-7/h1-3,13H,4-5H2,(H2,12,15). The molecule has 0 radical (unpaired) electrons. The number of fused-ring (bicyclic) bond motifs is 1. The summed E-state index contributed by atoms with van der Waals surface area (Å²) in [5.74, 6) is -0.712. The first-order chi connectivity index (χ1) is 7.08. The van der Waals surface area contributed by atoms with Crippen molar-refractivity contribution in [2.24, 2.45) is 5.73 Å². The van der Waals surface area contributed by atoms with Gasteiger partial charge in [0.25, 0.3) is 0 Å². The molecule has 2 rings (SSSR count). The van der Waals surface area contributed by atoms with Gasteiger partial charge in [-0.05, 0) is 17.7 Å². The maximum Gasteiger partial charge on any atom is 0.237 e. The highest BCUT2D eigenvalue weighted by Gasteiger charge is 2.25. The predicted molar refractivity (Wildman–Crippen MR) is 52.8 cm³/mol. The molecule has 1 heterocycles. The molecule has 0 saturated heterocycles. The lowest BCUT2D eigenvalue weighted by Gasteiger charge is -2.14. The maximum atomic E-state index is 12.9. The lowest BCUT2D eigenvalue weighted by molar-refractivity contribution is -0.118. The number of rotatable bonds is 2. The number of nitrogens with zero attached hydrogens (tertiary/aromatic N) is 1. The van der Waals surface area contributed by atoms with Crippen LogP contribution in [0.5, 0.6) is 0 Å². The zero-order valence-corrected chi connectivity index (χ0v) is 7.96. The Hall–Kier alpha value is -1.91. The summed E-state index contributed by atoms with van der Waals surface area (Å²) in [7, 11) is 0. The maximum absolute atomic E-state index is 12.9. The van der Waals surface area contributed by atoms with Gasteiger partial charge in [0.2, 0.25) is 5.91 Å². The molecule has 1 aliphatic rings. The van der Waals surface area contributed by atoms with Crippen LogP contribution in [0.4, 0.5) is 4.39 Å². The van der Waals surface area contributed by atoms with E-state index in [0.29, 0.717) is 12.1 Å². The van der Waals surface area contributed by atoms with Crippen molar-refractivity contribution >= 4 is 11.7 Å². The van der Waals surface area contributed by atoms with Crippen LogP contribution in [0.2, 0.25) is 0 Å². The van der Waals surface area contributed by atoms with E-state index in [1.807, 2.05) is 0 Å². The molecule has 5 heteroatoms. The molecular weight excluding hydrogens is 197 g/mol. The van der Waals surface area contributed by atoms with E-state index in [1.54, 1.807) is 6.07 Å². The van der Waals surface area contributed by atoms with Gasteiger partial charge in [-0.2, -0.15) is 0 Å². The third kappa shape index (κ3) is 1.68. The van der Waals surface area contributed by atoms with Crippen LogP contribution in [0.3, 0.4) is 0 Å². The van der Waals surface area contributed by atoms with Gasteiger partial charge in [0.15, 0.2) is 0 Å². The Morgan fingerprint density at radius 1 is 1.60 bits per heavy atom. The fraction of sp³-hybridized carbons (Fsp3) is 0.200. The van der Waals surface area contributed by atoms with E-state index in [2.05, 4.69) is 0 Å². The van der Waals surface area contributed by atoms with E-state index in [-0.39, 0.29) is 18.2 Å². The number of benzene rings is 1. The monoisotopic (exact) mass is 207 g/mol. The van der Waals surface area contributed by atoms with Crippen LogP contribution in [-0.4, -0.2) is 23.2 Å². The van der Waals surface area contributed by atoms with Gasteiger partial charge in [0.05, 0.1) is 6.54 Å². The summed E-state index contributed by atoms with van der Waals surface area (Å²) in [6, 6.07) is 4.28. The SMILES string of the molecule is N=C1c2cc(F)ccc2CN1CC(N)=O. The van der Waals surface area contributed by atoms with Crippen molar-refractivity contribution in [2.75, 3.05) is 6.54 Å². The van der Waals surface area contributed by atoms with Crippen LogP contribution in [0.1, 0.15) is 11.1 Å². The Labute approximate surface area is 86.0 Å². The fourth-order valence-corrected chi connectivity index (χ4v) is 1.69. The Bertz CT molecular complexity index is 444. The molecule has 0 spiro atoms. The molecule has 0 bridgehead atoms. The van der Waals surface area contributed by atoms with E-state index < -0.39 is 5.91 Å².